The predicted molar refractivity (Wildman–Crippen MR) is 64.0 cm³/mol. The van der Waals surface area contributed by atoms with Crippen LogP contribution in [-0.4, -0.2) is 17.8 Å². The Morgan fingerprint density at radius 2 is 1.84 bits per heavy atom. The number of hydrogen-bond acceptors (Lipinski definition) is 2. The molecule has 0 spiro atoms. The first-order valence-corrected chi connectivity index (χ1v) is 5.95. The number of benzene rings is 1. The Labute approximate surface area is 109 Å². The molecule has 0 saturated heterocycles. The van der Waals surface area contributed by atoms with Crippen molar-refractivity contribution in [3.05, 3.63) is 35.1 Å². The first kappa shape index (κ1) is 15.9. The molecule has 19 heavy (non-hydrogen) atoms. The molecule has 6 heteroatoms. The van der Waals surface area contributed by atoms with Gasteiger partial charge in [0.05, 0.1) is 11.7 Å². The summed E-state index contributed by atoms with van der Waals surface area (Å²) in [6.45, 7) is 3.98. The zero-order valence-electron chi connectivity index (χ0n) is 10.8. The molecule has 0 aliphatic rings. The largest absolute Gasteiger partial charge is 0.416 e. The van der Waals surface area contributed by atoms with Crippen molar-refractivity contribution in [3.63, 3.8) is 0 Å². The van der Waals surface area contributed by atoms with Crippen molar-refractivity contribution in [1.82, 2.24) is 5.32 Å². The number of alkyl halides is 3. The van der Waals surface area contributed by atoms with E-state index in [1.165, 1.54) is 0 Å². The highest BCUT2D eigenvalue weighted by Crippen LogP contribution is 2.30. The Hall–Kier alpha value is -1.14. The van der Waals surface area contributed by atoms with Crippen molar-refractivity contribution in [2.24, 2.45) is 5.92 Å². The molecule has 0 aliphatic carbocycles. The third-order valence-electron chi connectivity index (χ3n) is 2.74. The molecule has 108 valence electrons. The van der Waals surface area contributed by atoms with Crippen molar-refractivity contribution < 1.29 is 22.7 Å². The van der Waals surface area contributed by atoms with Crippen molar-refractivity contribution in [2.75, 3.05) is 6.54 Å². The number of nitrogens with one attached hydrogen (secondary N) is 1. The molecule has 1 aromatic carbocycles. The van der Waals surface area contributed by atoms with Crippen LogP contribution in [-0.2, 0) is 12.7 Å². The van der Waals surface area contributed by atoms with Gasteiger partial charge in [-0.05, 0) is 29.7 Å². The monoisotopic (exact) mass is 279 g/mol. The van der Waals surface area contributed by atoms with Gasteiger partial charge in [0.25, 0.3) is 0 Å². The average Bonchev–Trinajstić information content (AvgIpc) is 2.26. The summed E-state index contributed by atoms with van der Waals surface area (Å²) in [5, 5.41) is 12.3. The normalized spacial score (nSPS) is 13.9. The molecule has 1 rings (SSSR count). The summed E-state index contributed by atoms with van der Waals surface area (Å²) in [4.78, 5) is 0. The minimum absolute atomic E-state index is 0.0470. The van der Waals surface area contributed by atoms with E-state index in [4.69, 9.17) is 0 Å². The van der Waals surface area contributed by atoms with Crippen LogP contribution in [0.25, 0.3) is 0 Å². The van der Waals surface area contributed by atoms with E-state index in [1.54, 1.807) is 0 Å². The Morgan fingerprint density at radius 3 is 2.37 bits per heavy atom. The molecule has 1 unspecified atom stereocenters. The lowest BCUT2D eigenvalue weighted by Gasteiger charge is -2.15. The maximum absolute atomic E-state index is 13.1. The highest BCUT2D eigenvalue weighted by atomic mass is 19.4. The van der Waals surface area contributed by atoms with E-state index < -0.39 is 23.7 Å². The molecule has 1 atom stereocenters. The second-order valence-electron chi connectivity index (χ2n) is 4.79. The van der Waals surface area contributed by atoms with E-state index in [0.717, 1.165) is 12.1 Å². The Balaban J connectivity index is 2.67. The molecule has 0 radical (unpaired) electrons. The van der Waals surface area contributed by atoms with Crippen LogP contribution >= 0.6 is 0 Å². The second kappa shape index (κ2) is 6.34. The molecule has 2 nitrogen and oxygen atoms in total. The van der Waals surface area contributed by atoms with Gasteiger partial charge < -0.3 is 10.4 Å². The molecular weight excluding hydrogens is 262 g/mol. The standard InChI is InChI=1S/C13H17F4NO/c1-8(2)12(19)7-18-6-9-3-10(13(15,16)17)5-11(14)4-9/h3-5,8,12,18-19H,6-7H2,1-2H3. The van der Waals surface area contributed by atoms with Crippen molar-refractivity contribution in [2.45, 2.75) is 32.7 Å². The Kier molecular flexibility index (Phi) is 5.31. The highest BCUT2D eigenvalue weighted by Gasteiger charge is 2.31. The lowest BCUT2D eigenvalue weighted by Crippen LogP contribution is -2.30. The number of hydrogen-bond donors (Lipinski definition) is 2. The average molecular weight is 279 g/mol. The number of rotatable bonds is 5. The van der Waals surface area contributed by atoms with Crippen LogP contribution < -0.4 is 5.32 Å². The quantitative estimate of drug-likeness (QED) is 0.812. The number of aliphatic hydroxyl groups is 1. The van der Waals surface area contributed by atoms with E-state index in [-0.39, 0.29) is 24.6 Å². The van der Waals surface area contributed by atoms with Crippen LogP contribution in [0.5, 0.6) is 0 Å². The molecule has 0 saturated carbocycles. The van der Waals surface area contributed by atoms with E-state index in [9.17, 15) is 22.7 Å². The van der Waals surface area contributed by atoms with Gasteiger partial charge in [-0.15, -0.1) is 0 Å². The third-order valence-corrected chi connectivity index (χ3v) is 2.74. The van der Waals surface area contributed by atoms with E-state index in [2.05, 4.69) is 5.32 Å². The summed E-state index contributed by atoms with van der Waals surface area (Å²) in [5.74, 6) is -0.873. The van der Waals surface area contributed by atoms with Gasteiger partial charge in [0, 0.05) is 13.1 Å². The van der Waals surface area contributed by atoms with Gasteiger partial charge >= 0.3 is 6.18 Å². The summed E-state index contributed by atoms with van der Waals surface area (Å²) in [6.07, 6.45) is -5.15. The molecular formula is C13H17F4NO. The minimum Gasteiger partial charge on any atom is -0.392 e. The molecule has 0 aliphatic heterocycles. The van der Waals surface area contributed by atoms with Gasteiger partial charge in [-0.2, -0.15) is 13.2 Å². The van der Waals surface area contributed by atoms with E-state index in [0.29, 0.717) is 6.07 Å². The maximum atomic E-state index is 13.1. The predicted octanol–water partition coefficient (Wildman–Crippen LogP) is 2.95. The first-order chi connectivity index (χ1) is 8.70. The topological polar surface area (TPSA) is 32.3 Å². The van der Waals surface area contributed by atoms with Gasteiger partial charge in [0.15, 0.2) is 0 Å². The molecule has 0 aromatic heterocycles. The fourth-order valence-electron chi connectivity index (χ4n) is 1.52. The first-order valence-electron chi connectivity index (χ1n) is 5.95. The highest BCUT2D eigenvalue weighted by molar-refractivity contribution is 5.26. The van der Waals surface area contributed by atoms with E-state index >= 15 is 0 Å². The van der Waals surface area contributed by atoms with Crippen LogP contribution in [0.2, 0.25) is 0 Å². The third kappa shape index (κ3) is 5.16. The van der Waals surface area contributed by atoms with Gasteiger partial charge in [-0.1, -0.05) is 13.8 Å². The molecule has 0 bridgehead atoms. The summed E-state index contributed by atoms with van der Waals surface area (Å²) >= 11 is 0. The van der Waals surface area contributed by atoms with Gasteiger partial charge in [0.2, 0.25) is 0 Å². The van der Waals surface area contributed by atoms with Crippen molar-refractivity contribution in [3.8, 4) is 0 Å². The number of aliphatic hydroxyl groups excluding tert-OH is 1. The molecule has 0 heterocycles. The lowest BCUT2D eigenvalue weighted by molar-refractivity contribution is -0.137. The van der Waals surface area contributed by atoms with Crippen LogP contribution in [0.4, 0.5) is 17.6 Å². The van der Waals surface area contributed by atoms with Crippen molar-refractivity contribution >= 4 is 0 Å². The molecule has 0 fully saturated rings. The summed E-state index contributed by atoms with van der Waals surface area (Å²) in [6, 6.07) is 2.41. The SMILES string of the molecule is CC(C)C(O)CNCc1cc(F)cc(C(F)(F)F)c1. The van der Waals surface area contributed by atoms with Crippen LogP contribution in [0.1, 0.15) is 25.0 Å². The molecule has 1 aromatic rings. The fraction of sp³-hybridized carbons (Fsp3) is 0.538. The molecule has 0 amide bonds. The Morgan fingerprint density at radius 1 is 1.21 bits per heavy atom. The molecule has 2 N–H and O–H groups in total. The van der Waals surface area contributed by atoms with Crippen LogP contribution in [0.3, 0.4) is 0 Å². The van der Waals surface area contributed by atoms with Gasteiger partial charge in [-0.25, -0.2) is 4.39 Å². The zero-order valence-corrected chi connectivity index (χ0v) is 10.8. The number of halogens is 4. The van der Waals surface area contributed by atoms with Gasteiger partial charge in [0.1, 0.15) is 5.82 Å². The van der Waals surface area contributed by atoms with Crippen LogP contribution in [0, 0.1) is 11.7 Å². The maximum Gasteiger partial charge on any atom is 0.416 e. The smallest absolute Gasteiger partial charge is 0.392 e. The summed E-state index contributed by atoms with van der Waals surface area (Å²) < 4.78 is 50.5. The zero-order chi connectivity index (χ0) is 14.6. The fourth-order valence-corrected chi connectivity index (χ4v) is 1.52. The summed E-state index contributed by atoms with van der Waals surface area (Å²) in [5.41, 5.74) is -0.808. The van der Waals surface area contributed by atoms with Crippen LogP contribution in [0.15, 0.2) is 18.2 Å². The van der Waals surface area contributed by atoms with Crippen molar-refractivity contribution in [1.29, 1.82) is 0 Å². The van der Waals surface area contributed by atoms with E-state index in [1.807, 2.05) is 13.8 Å². The minimum atomic E-state index is -4.56. The Bertz CT molecular complexity index is 418. The lowest BCUT2D eigenvalue weighted by atomic mass is 10.1. The second-order valence-corrected chi connectivity index (χ2v) is 4.79. The summed E-state index contributed by atoms with van der Waals surface area (Å²) in [7, 11) is 0. The van der Waals surface area contributed by atoms with Gasteiger partial charge in [-0.3, -0.25) is 0 Å².